The van der Waals surface area contributed by atoms with Crippen LogP contribution in [0.1, 0.15) is 16.2 Å². The minimum absolute atomic E-state index is 0.0326. The minimum atomic E-state index is -4.51. The van der Waals surface area contributed by atoms with Crippen molar-refractivity contribution < 1.29 is 18.0 Å². The van der Waals surface area contributed by atoms with Crippen LogP contribution in [0.15, 0.2) is 30.9 Å². The van der Waals surface area contributed by atoms with Crippen molar-refractivity contribution in [3.8, 4) is 5.69 Å². The third kappa shape index (κ3) is 2.31. The summed E-state index contributed by atoms with van der Waals surface area (Å²) in [6.07, 6.45) is -1.41. The van der Waals surface area contributed by atoms with Gasteiger partial charge in [0.2, 0.25) is 0 Å². The second kappa shape index (κ2) is 4.13. The molecule has 2 N–H and O–H groups in total. The third-order valence-electron chi connectivity index (χ3n) is 2.17. The Bertz CT molecular complexity index is 591. The lowest BCUT2D eigenvalue weighted by molar-refractivity contribution is -0.140. The number of alkyl halides is 3. The predicted octanol–water partition coefficient (Wildman–Crippen LogP) is 1.39. The van der Waals surface area contributed by atoms with Crippen LogP contribution in [0.4, 0.5) is 13.2 Å². The van der Waals surface area contributed by atoms with Gasteiger partial charge < -0.3 is 10.3 Å². The molecule has 0 radical (unpaired) electrons. The van der Waals surface area contributed by atoms with E-state index in [0.717, 1.165) is 17.1 Å². The van der Waals surface area contributed by atoms with E-state index >= 15 is 0 Å². The van der Waals surface area contributed by atoms with E-state index in [0.29, 0.717) is 5.69 Å². The van der Waals surface area contributed by atoms with Crippen LogP contribution in [-0.4, -0.2) is 20.4 Å². The summed E-state index contributed by atoms with van der Waals surface area (Å²) < 4.78 is 38.2. The highest BCUT2D eigenvalue weighted by Gasteiger charge is 2.33. The van der Waals surface area contributed by atoms with Crippen molar-refractivity contribution >= 4 is 5.91 Å². The van der Waals surface area contributed by atoms with Gasteiger partial charge in [0.25, 0.3) is 5.91 Å². The van der Waals surface area contributed by atoms with Crippen molar-refractivity contribution in [2.24, 2.45) is 5.73 Å². The number of carbonyl (C=O) groups is 1. The molecule has 0 fully saturated rings. The smallest absolute Gasteiger partial charge is 0.364 e. The Hall–Kier alpha value is -2.38. The van der Waals surface area contributed by atoms with E-state index in [-0.39, 0.29) is 5.69 Å². The normalized spacial score (nSPS) is 11.5. The summed E-state index contributed by atoms with van der Waals surface area (Å²) in [5, 5.41) is 0. The summed E-state index contributed by atoms with van der Waals surface area (Å²) in [6.45, 7) is 0. The molecule has 94 valence electrons. The maximum atomic E-state index is 12.4. The topological polar surface area (TPSA) is 73.8 Å². The Balaban J connectivity index is 2.40. The fourth-order valence-electron chi connectivity index (χ4n) is 1.33. The van der Waals surface area contributed by atoms with E-state index < -0.39 is 17.8 Å². The van der Waals surface area contributed by atoms with Gasteiger partial charge >= 0.3 is 6.18 Å². The molecule has 1 amide bonds. The number of nitrogens with zero attached hydrogens (tertiary/aromatic N) is 3. The predicted molar refractivity (Wildman–Crippen MR) is 54.9 cm³/mol. The first-order chi connectivity index (χ1) is 8.38. The molecule has 0 saturated heterocycles. The van der Waals surface area contributed by atoms with Gasteiger partial charge in [-0.1, -0.05) is 0 Å². The van der Waals surface area contributed by atoms with Gasteiger partial charge in [-0.2, -0.15) is 13.2 Å². The van der Waals surface area contributed by atoms with E-state index in [4.69, 9.17) is 5.73 Å². The number of amides is 1. The Morgan fingerprint density at radius 3 is 2.61 bits per heavy atom. The number of halogens is 3. The number of rotatable bonds is 2. The summed E-state index contributed by atoms with van der Waals surface area (Å²) in [6, 6.07) is 2.72. The average molecular weight is 256 g/mol. The van der Waals surface area contributed by atoms with E-state index in [1.807, 2.05) is 0 Å². The molecule has 0 unspecified atom stereocenters. The minimum Gasteiger partial charge on any atom is -0.364 e. The maximum Gasteiger partial charge on any atom is 0.434 e. The number of imidazole rings is 1. The third-order valence-corrected chi connectivity index (χ3v) is 2.17. The first-order valence-corrected chi connectivity index (χ1v) is 4.75. The summed E-state index contributed by atoms with van der Waals surface area (Å²) in [5.41, 5.74) is 4.30. The first kappa shape index (κ1) is 12.1. The lowest BCUT2D eigenvalue weighted by atomic mass is 10.3. The molecule has 2 aromatic heterocycles. The summed E-state index contributed by atoms with van der Waals surface area (Å²) >= 11 is 0. The van der Waals surface area contributed by atoms with Crippen molar-refractivity contribution in [3.63, 3.8) is 0 Å². The monoisotopic (exact) mass is 256 g/mol. The number of pyridine rings is 1. The van der Waals surface area contributed by atoms with Crippen LogP contribution >= 0.6 is 0 Å². The molecule has 0 atom stereocenters. The number of nitrogens with two attached hydrogens (primary N) is 1. The molecule has 0 aliphatic carbocycles. The number of hydrogen-bond donors (Lipinski definition) is 1. The highest BCUT2D eigenvalue weighted by molar-refractivity contribution is 5.91. The van der Waals surface area contributed by atoms with E-state index in [9.17, 15) is 18.0 Å². The van der Waals surface area contributed by atoms with Crippen LogP contribution in [-0.2, 0) is 6.18 Å². The lowest BCUT2D eigenvalue weighted by Crippen LogP contribution is -2.13. The van der Waals surface area contributed by atoms with Crippen LogP contribution in [0.5, 0.6) is 0 Å². The average Bonchev–Trinajstić information content (AvgIpc) is 2.78. The number of hydrogen-bond acceptors (Lipinski definition) is 3. The first-order valence-electron chi connectivity index (χ1n) is 4.75. The van der Waals surface area contributed by atoms with Crippen LogP contribution < -0.4 is 5.73 Å². The van der Waals surface area contributed by atoms with Gasteiger partial charge in [-0.15, -0.1) is 0 Å². The zero-order valence-corrected chi connectivity index (χ0v) is 8.85. The Morgan fingerprint density at radius 2 is 2.06 bits per heavy atom. The summed E-state index contributed by atoms with van der Waals surface area (Å²) in [7, 11) is 0. The standard InChI is InChI=1S/C10H7F3N4O/c11-10(12,13)8-4-17(5-16-8)6-1-2-15-7(3-6)9(14)18/h1-5H,(H2,14,18). The van der Waals surface area contributed by atoms with Crippen LogP contribution in [0.25, 0.3) is 5.69 Å². The zero-order chi connectivity index (χ0) is 13.3. The number of aromatic nitrogens is 3. The van der Waals surface area contributed by atoms with Crippen LogP contribution in [0.3, 0.4) is 0 Å². The van der Waals surface area contributed by atoms with Gasteiger partial charge in [-0.25, -0.2) is 4.98 Å². The molecule has 2 aromatic rings. The molecule has 0 aliphatic heterocycles. The van der Waals surface area contributed by atoms with Gasteiger partial charge in [-0.3, -0.25) is 9.78 Å². The summed E-state index contributed by atoms with van der Waals surface area (Å²) in [5.74, 6) is -0.756. The molecule has 0 bridgehead atoms. The zero-order valence-electron chi connectivity index (χ0n) is 8.85. The maximum absolute atomic E-state index is 12.4. The second-order valence-electron chi connectivity index (χ2n) is 3.43. The van der Waals surface area contributed by atoms with Gasteiger partial charge in [0, 0.05) is 12.4 Å². The molecule has 0 aromatic carbocycles. The molecular formula is C10H7F3N4O. The van der Waals surface area contributed by atoms with Crippen molar-refractivity contribution in [2.45, 2.75) is 6.18 Å². The van der Waals surface area contributed by atoms with E-state index in [1.54, 1.807) is 0 Å². The fraction of sp³-hybridized carbons (Fsp3) is 0.100. The van der Waals surface area contributed by atoms with E-state index in [1.165, 1.54) is 18.3 Å². The molecule has 0 spiro atoms. The Labute approximate surface area is 99.1 Å². The second-order valence-corrected chi connectivity index (χ2v) is 3.43. The quantitative estimate of drug-likeness (QED) is 0.882. The highest BCUT2D eigenvalue weighted by atomic mass is 19.4. The van der Waals surface area contributed by atoms with Crippen LogP contribution in [0.2, 0.25) is 0 Å². The summed E-state index contributed by atoms with van der Waals surface area (Å²) in [4.78, 5) is 17.8. The lowest BCUT2D eigenvalue weighted by Gasteiger charge is -2.03. The van der Waals surface area contributed by atoms with Gasteiger partial charge in [-0.05, 0) is 12.1 Å². The SMILES string of the molecule is NC(=O)c1cc(-n2cnc(C(F)(F)F)c2)ccn1. The molecule has 2 heterocycles. The largest absolute Gasteiger partial charge is 0.434 e. The van der Waals surface area contributed by atoms with Crippen molar-refractivity contribution in [3.05, 3.63) is 42.2 Å². The van der Waals surface area contributed by atoms with Gasteiger partial charge in [0.05, 0.1) is 12.0 Å². The van der Waals surface area contributed by atoms with Crippen LogP contribution in [0, 0.1) is 0 Å². The molecule has 2 rings (SSSR count). The molecular weight excluding hydrogens is 249 g/mol. The fourth-order valence-corrected chi connectivity index (χ4v) is 1.33. The molecule has 5 nitrogen and oxygen atoms in total. The van der Waals surface area contributed by atoms with Gasteiger partial charge in [0.15, 0.2) is 5.69 Å². The van der Waals surface area contributed by atoms with Gasteiger partial charge in [0.1, 0.15) is 5.69 Å². The number of carbonyl (C=O) groups excluding carboxylic acids is 1. The Morgan fingerprint density at radius 1 is 1.33 bits per heavy atom. The molecule has 18 heavy (non-hydrogen) atoms. The van der Waals surface area contributed by atoms with E-state index in [2.05, 4.69) is 9.97 Å². The number of primary amides is 1. The highest BCUT2D eigenvalue weighted by Crippen LogP contribution is 2.27. The van der Waals surface area contributed by atoms with Crippen molar-refractivity contribution in [2.75, 3.05) is 0 Å². The molecule has 8 heteroatoms. The Kier molecular flexibility index (Phi) is 2.77. The van der Waals surface area contributed by atoms with Crippen molar-refractivity contribution in [1.82, 2.24) is 14.5 Å². The molecule has 0 saturated carbocycles. The molecule has 0 aliphatic rings. The van der Waals surface area contributed by atoms with Crippen molar-refractivity contribution in [1.29, 1.82) is 0 Å².